The maximum Gasteiger partial charge on any atom is 0.411 e. The van der Waals surface area contributed by atoms with Crippen LogP contribution in [0.1, 0.15) is 82.8 Å². The zero-order chi connectivity index (χ0) is 28.2. The molecule has 1 saturated heterocycles. The molecule has 1 unspecified atom stereocenters. The van der Waals surface area contributed by atoms with E-state index in [1.165, 1.54) is 0 Å². The van der Waals surface area contributed by atoms with Gasteiger partial charge in [0.25, 0.3) is 0 Å². The predicted molar refractivity (Wildman–Crippen MR) is 152 cm³/mol. The topological polar surface area (TPSA) is 95.9 Å². The molecule has 5 rings (SSSR count). The van der Waals surface area contributed by atoms with Gasteiger partial charge in [-0.25, -0.2) is 9.59 Å². The minimum Gasteiger partial charge on any atom is -0.478 e. The van der Waals surface area contributed by atoms with E-state index in [2.05, 4.69) is 5.32 Å². The Bertz CT molecular complexity index is 1370. The van der Waals surface area contributed by atoms with Gasteiger partial charge in [0.1, 0.15) is 6.10 Å². The smallest absolute Gasteiger partial charge is 0.411 e. The molecule has 1 heterocycles. The molecule has 3 atom stereocenters. The minimum atomic E-state index is -0.954. The average molecular weight is 541 g/mol. The van der Waals surface area contributed by atoms with E-state index in [4.69, 9.17) is 4.74 Å². The van der Waals surface area contributed by atoms with Crippen LogP contribution in [0.3, 0.4) is 0 Å². The second-order valence-electron chi connectivity index (χ2n) is 11.0. The molecule has 0 bridgehead atoms. The number of nitrogens with zero attached hydrogens (tertiary/aromatic N) is 1. The lowest BCUT2D eigenvalue weighted by Crippen LogP contribution is -2.33. The molecule has 3 aromatic rings. The van der Waals surface area contributed by atoms with Gasteiger partial charge >= 0.3 is 12.1 Å². The summed E-state index contributed by atoms with van der Waals surface area (Å²) >= 11 is 0. The Morgan fingerprint density at radius 1 is 1.00 bits per heavy atom. The van der Waals surface area contributed by atoms with Gasteiger partial charge in [0.15, 0.2) is 0 Å². The summed E-state index contributed by atoms with van der Waals surface area (Å²) in [7, 11) is 0. The van der Waals surface area contributed by atoms with Crippen LogP contribution in [0.15, 0.2) is 72.8 Å². The molecule has 1 aliphatic heterocycles. The van der Waals surface area contributed by atoms with Crippen LogP contribution in [0.4, 0.5) is 4.79 Å². The number of hydrogen-bond donors (Lipinski definition) is 2. The second kappa shape index (κ2) is 11.9. The van der Waals surface area contributed by atoms with Crippen molar-refractivity contribution in [3.05, 3.63) is 106 Å². The number of benzene rings is 3. The summed E-state index contributed by atoms with van der Waals surface area (Å²) in [5.74, 6) is -0.941. The molecular weight excluding hydrogens is 504 g/mol. The fraction of sp³-hybridized carbons (Fsp3) is 0.364. The molecule has 0 spiro atoms. The van der Waals surface area contributed by atoms with E-state index in [-0.39, 0.29) is 41.5 Å². The van der Waals surface area contributed by atoms with Crippen molar-refractivity contribution in [2.75, 3.05) is 0 Å². The number of carboxylic acid groups (broad SMARTS) is 1. The van der Waals surface area contributed by atoms with Crippen molar-refractivity contribution in [2.24, 2.45) is 5.92 Å². The van der Waals surface area contributed by atoms with Gasteiger partial charge in [-0.15, -0.1) is 0 Å². The van der Waals surface area contributed by atoms with Gasteiger partial charge in [0.05, 0.1) is 17.5 Å². The molecule has 1 aliphatic carbocycles. The van der Waals surface area contributed by atoms with E-state index in [1.54, 1.807) is 24.0 Å². The summed E-state index contributed by atoms with van der Waals surface area (Å²) in [6, 6.07) is 22.9. The number of ether oxygens (including phenoxy) is 1. The van der Waals surface area contributed by atoms with E-state index >= 15 is 0 Å². The van der Waals surface area contributed by atoms with Crippen molar-refractivity contribution in [3.63, 3.8) is 0 Å². The number of cyclic esters (lactones) is 1. The van der Waals surface area contributed by atoms with E-state index in [9.17, 15) is 19.5 Å². The van der Waals surface area contributed by atoms with Gasteiger partial charge in [-0.2, -0.15) is 0 Å². The van der Waals surface area contributed by atoms with Crippen LogP contribution >= 0.6 is 0 Å². The zero-order valence-corrected chi connectivity index (χ0v) is 23.0. The van der Waals surface area contributed by atoms with Crippen LogP contribution in [-0.2, 0) is 22.6 Å². The van der Waals surface area contributed by atoms with Gasteiger partial charge in [-0.1, -0.05) is 79.6 Å². The highest BCUT2D eigenvalue weighted by Crippen LogP contribution is 2.38. The van der Waals surface area contributed by atoms with E-state index in [0.717, 1.165) is 47.9 Å². The third-order valence-corrected chi connectivity index (χ3v) is 8.35. The summed E-state index contributed by atoms with van der Waals surface area (Å²) < 4.78 is 5.70. The second-order valence-corrected chi connectivity index (χ2v) is 11.0. The molecule has 0 aromatic heterocycles. The van der Waals surface area contributed by atoms with Gasteiger partial charge < -0.3 is 15.2 Å². The van der Waals surface area contributed by atoms with Crippen molar-refractivity contribution in [1.82, 2.24) is 10.2 Å². The van der Waals surface area contributed by atoms with Crippen molar-refractivity contribution in [3.8, 4) is 0 Å². The largest absolute Gasteiger partial charge is 0.478 e. The first-order valence-electron chi connectivity index (χ1n) is 14.0. The van der Waals surface area contributed by atoms with E-state index in [1.807, 2.05) is 67.6 Å². The monoisotopic (exact) mass is 540 g/mol. The number of carbonyl (C=O) groups excluding carboxylic acids is 2. The number of nitrogens with one attached hydrogen (secondary N) is 1. The van der Waals surface area contributed by atoms with Crippen LogP contribution in [0, 0.1) is 12.8 Å². The quantitative estimate of drug-likeness (QED) is 0.329. The molecule has 1 saturated carbocycles. The lowest BCUT2D eigenvalue weighted by atomic mass is 9.83. The number of carboxylic acids is 1. The molecule has 3 aromatic carbocycles. The SMILES string of the molecule is Cc1cc(CNC(=O)C(c2ccc(CN3C(=O)O[C@@H](c4ccccc4)[C@H]3C)cc2)C2CCCC2)ccc1C(=O)O. The van der Waals surface area contributed by atoms with Crippen LogP contribution in [0.5, 0.6) is 0 Å². The third-order valence-electron chi connectivity index (χ3n) is 8.35. The van der Waals surface area contributed by atoms with E-state index < -0.39 is 5.97 Å². The Morgan fingerprint density at radius 3 is 2.33 bits per heavy atom. The molecule has 208 valence electrons. The lowest BCUT2D eigenvalue weighted by molar-refractivity contribution is -0.123. The first-order valence-corrected chi connectivity index (χ1v) is 14.0. The van der Waals surface area contributed by atoms with Gasteiger partial charge in [0.2, 0.25) is 5.91 Å². The molecule has 2 amide bonds. The number of carbonyl (C=O) groups is 3. The summed E-state index contributed by atoms with van der Waals surface area (Å²) in [5.41, 5.74) is 4.77. The first kappa shape index (κ1) is 27.4. The van der Waals surface area contributed by atoms with Crippen molar-refractivity contribution in [1.29, 1.82) is 0 Å². The van der Waals surface area contributed by atoms with Crippen LogP contribution < -0.4 is 5.32 Å². The highest BCUT2D eigenvalue weighted by atomic mass is 16.6. The molecule has 7 heteroatoms. The van der Waals surface area contributed by atoms with Crippen molar-refractivity contribution >= 4 is 18.0 Å². The summed E-state index contributed by atoms with van der Waals surface area (Å²) in [6.45, 7) is 4.56. The Labute approximate surface area is 235 Å². The summed E-state index contributed by atoms with van der Waals surface area (Å²) in [4.78, 5) is 39.3. The number of amides is 2. The number of aryl methyl sites for hydroxylation is 1. The van der Waals surface area contributed by atoms with Gasteiger partial charge in [0, 0.05) is 13.1 Å². The average Bonchev–Trinajstić information content (AvgIpc) is 3.57. The number of rotatable bonds is 9. The number of hydrogen-bond acceptors (Lipinski definition) is 4. The zero-order valence-electron chi connectivity index (χ0n) is 23.0. The Kier molecular flexibility index (Phi) is 8.19. The van der Waals surface area contributed by atoms with E-state index in [0.29, 0.717) is 18.7 Å². The Balaban J connectivity index is 1.27. The maximum atomic E-state index is 13.5. The Hall–Kier alpha value is -4.13. The Morgan fingerprint density at radius 2 is 1.68 bits per heavy atom. The molecule has 2 fully saturated rings. The van der Waals surface area contributed by atoms with Gasteiger partial charge in [-0.05, 0) is 66.5 Å². The number of aromatic carboxylic acids is 1. The predicted octanol–water partition coefficient (Wildman–Crippen LogP) is 6.37. The molecule has 0 radical (unpaired) electrons. The molecule has 40 heavy (non-hydrogen) atoms. The third kappa shape index (κ3) is 5.88. The fourth-order valence-electron chi connectivity index (χ4n) is 6.13. The summed E-state index contributed by atoms with van der Waals surface area (Å²) in [5, 5.41) is 12.4. The van der Waals surface area contributed by atoms with Crippen molar-refractivity contribution < 1.29 is 24.2 Å². The van der Waals surface area contributed by atoms with Crippen LogP contribution in [0.2, 0.25) is 0 Å². The highest BCUT2D eigenvalue weighted by molar-refractivity contribution is 5.89. The highest BCUT2D eigenvalue weighted by Gasteiger charge is 2.39. The molecule has 2 aliphatic rings. The standard InChI is InChI=1S/C33H36N2O5/c1-21-18-24(14-17-28(21)32(37)38)19-34-31(36)29(25-8-6-7-9-25)26-15-12-23(13-16-26)20-35-22(2)30(40-33(35)39)27-10-4-3-5-11-27/h3-5,10-18,22,25,29-30H,6-9,19-20H2,1-2H3,(H,34,36)(H,37,38)/t22-,29?,30-/m1/s1. The molecule has 2 N–H and O–H groups in total. The fourth-order valence-corrected chi connectivity index (χ4v) is 6.13. The van der Waals surface area contributed by atoms with Crippen LogP contribution in [-0.4, -0.2) is 34.0 Å². The van der Waals surface area contributed by atoms with Crippen molar-refractivity contribution in [2.45, 2.75) is 70.7 Å². The first-order chi connectivity index (χ1) is 19.3. The maximum absolute atomic E-state index is 13.5. The van der Waals surface area contributed by atoms with Crippen LogP contribution in [0.25, 0.3) is 0 Å². The molecule has 7 nitrogen and oxygen atoms in total. The lowest BCUT2D eigenvalue weighted by Gasteiger charge is -2.24. The summed E-state index contributed by atoms with van der Waals surface area (Å²) in [6.07, 6.45) is 3.67. The minimum absolute atomic E-state index is 0.0120. The normalized spacial score (nSPS) is 19.9. The van der Waals surface area contributed by atoms with Gasteiger partial charge in [-0.3, -0.25) is 9.69 Å². The molecular formula is C33H36N2O5.